The summed E-state index contributed by atoms with van der Waals surface area (Å²) in [6, 6.07) is 19.6. The van der Waals surface area contributed by atoms with Gasteiger partial charge < -0.3 is 0 Å². The molecule has 1 nitrogen and oxygen atoms in total. The van der Waals surface area contributed by atoms with Gasteiger partial charge in [-0.25, -0.2) is 0 Å². The van der Waals surface area contributed by atoms with Gasteiger partial charge in [0.2, 0.25) is 0 Å². The number of nitrogens with one attached hydrogen (secondary N) is 1. The first-order chi connectivity index (χ1) is 19.0. The summed E-state index contributed by atoms with van der Waals surface area (Å²) < 4.78 is 0. The highest BCUT2D eigenvalue weighted by atomic mass is 31.1. The molecule has 0 saturated heterocycles. The summed E-state index contributed by atoms with van der Waals surface area (Å²) in [5.74, 6) is 0.621. The van der Waals surface area contributed by atoms with Crippen LogP contribution in [0.5, 0.6) is 0 Å². The second-order valence-corrected chi connectivity index (χ2v) is 14.2. The molecule has 1 atom stereocenters. The summed E-state index contributed by atoms with van der Waals surface area (Å²) in [5.41, 5.74) is 3.03. The van der Waals surface area contributed by atoms with Crippen molar-refractivity contribution in [2.24, 2.45) is 5.92 Å². The number of unbranched alkanes of at least 4 members (excludes halogenated alkanes) is 14. The Hall–Kier alpha value is -1.17. The van der Waals surface area contributed by atoms with Crippen LogP contribution < -0.4 is 15.7 Å². The van der Waals surface area contributed by atoms with E-state index in [4.69, 9.17) is 0 Å². The van der Waals surface area contributed by atoms with Crippen molar-refractivity contribution in [2.75, 3.05) is 0 Å². The van der Waals surface area contributed by atoms with E-state index in [-0.39, 0.29) is 0 Å². The molecule has 0 aromatic heterocycles. The Kier molecular flexibility index (Phi) is 18.8. The van der Waals surface area contributed by atoms with Crippen molar-refractivity contribution < 1.29 is 0 Å². The van der Waals surface area contributed by atoms with Crippen LogP contribution in [0.1, 0.15) is 148 Å². The van der Waals surface area contributed by atoms with Crippen molar-refractivity contribution in [3.63, 3.8) is 0 Å². The lowest BCUT2D eigenvalue weighted by Gasteiger charge is -2.27. The Bertz CT molecular complexity index is 797. The third-order valence-electron chi connectivity index (χ3n) is 8.31. The monoisotopic (exact) mass is 551 g/mol. The predicted octanol–water partition coefficient (Wildman–Crippen LogP) is 11.0. The Morgan fingerprint density at radius 2 is 0.923 bits per heavy atom. The average molecular weight is 552 g/mol. The van der Waals surface area contributed by atoms with Crippen molar-refractivity contribution in [2.45, 2.75) is 156 Å². The SMILES string of the molecule is CCCCCCCCCCc1cccc(P(NC(C)C(C)C)c2cccc(CCCCCCCCCC)c2)c1. The molecule has 1 unspecified atom stereocenters. The zero-order valence-electron chi connectivity index (χ0n) is 26.4. The fourth-order valence-corrected chi connectivity index (χ4v) is 7.64. The van der Waals surface area contributed by atoms with Gasteiger partial charge in [-0.15, -0.1) is 0 Å². The first-order valence-corrected chi connectivity index (χ1v) is 18.1. The molecule has 0 spiro atoms. The zero-order chi connectivity index (χ0) is 28.1. The van der Waals surface area contributed by atoms with Gasteiger partial charge in [0, 0.05) is 14.1 Å². The molecule has 2 rings (SSSR count). The van der Waals surface area contributed by atoms with Crippen molar-refractivity contribution in [3.05, 3.63) is 59.7 Å². The lowest BCUT2D eigenvalue weighted by Crippen LogP contribution is -2.33. The van der Waals surface area contributed by atoms with Crippen LogP contribution in [0.15, 0.2) is 48.5 Å². The summed E-state index contributed by atoms with van der Waals surface area (Å²) in [7, 11) is -0.566. The molecule has 0 aliphatic rings. The lowest BCUT2D eigenvalue weighted by molar-refractivity contribution is 0.499. The van der Waals surface area contributed by atoms with Crippen LogP contribution in [0.2, 0.25) is 0 Å². The maximum atomic E-state index is 4.07. The molecule has 0 radical (unpaired) electrons. The second kappa shape index (κ2) is 21.6. The molecule has 2 aromatic rings. The van der Waals surface area contributed by atoms with Gasteiger partial charge in [-0.1, -0.05) is 154 Å². The number of aryl methyl sites for hydroxylation is 2. The van der Waals surface area contributed by atoms with E-state index in [1.807, 2.05) is 0 Å². The number of hydrogen-bond donors (Lipinski definition) is 1. The normalized spacial score (nSPS) is 12.5. The van der Waals surface area contributed by atoms with E-state index in [9.17, 15) is 0 Å². The van der Waals surface area contributed by atoms with E-state index in [0.29, 0.717) is 12.0 Å². The summed E-state index contributed by atoms with van der Waals surface area (Å²) in [6.07, 6.45) is 24.6. The Labute approximate surface area is 245 Å². The standard InChI is InChI=1S/C37H62NP/c1-6-8-10-12-14-16-18-20-24-34-26-22-28-36(30-34)39(38-33(5)32(3)4)37-29-23-27-35(31-37)25-21-19-17-15-13-11-9-7-2/h22-23,26-33,38H,6-21,24-25H2,1-5H3. The Morgan fingerprint density at radius 3 is 1.31 bits per heavy atom. The van der Waals surface area contributed by atoms with Crippen LogP contribution in [-0.4, -0.2) is 6.04 Å². The van der Waals surface area contributed by atoms with Crippen molar-refractivity contribution >= 4 is 18.7 Å². The summed E-state index contributed by atoms with van der Waals surface area (Å²) in [4.78, 5) is 0. The second-order valence-electron chi connectivity index (χ2n) is 12.3. The van der Waals surface area contributed by atoms with E-state index in [1.54, 1.807) is 0 Å². The summed E-state index contributed by atoms with van der Waals surface area (Å²) in [5, 5.41) is 7.04. The molecular weight excluding hydrogens is 489 g/mol. The van der Waals surface area contributed by atoms with Crippen LogP contribution in [-0.2, 0) is 12.8 Å². The number of hydrogen-bond acceptors (Lipinski definition) is 1. The quantitative estimate of drug-likeness (QED) is 0.107. The molecule has 0 fully saturated rings. The highest BCUT2D eigenvalue weighted by Gasteiger charge is 2.19. The van der Waals surface area contributed by atoms with Crippen LogP contribution in [0.3, 0.4) is 0 Å². The van der Waals surface area contributed by atoms with Crippen molar-refractivity contribution in [1.29, 1.82) is 0 Å². The molecule has 0 aliphatic carbocycles. The smallest absolute Gasteiger partial charge is 0.0256 e. The van der Waals surface area contributed by atoms with Crippen LogP contribution >= 0.6 is 8.07 Å². The van der Waals surface area contributed by atoms with Crippen LogP contribution in [0.4, 0.5) is 0 Å². The number of benzene rings is 2. The summed E-state index contributed by atoms with van der Waals surface area (Å²) >= 11 is 0. The Balaban J connectivity index is 1.97. The molecular formula is C37H62NP. The largest absolute Gasteiger partial charge is 0.285 e. The summed E-state index contributed by atoms with van der Waals surface area (Å²) in [6.45, 7) is 11.6. The molecule has 0 aliphatic heterocycles. The molecule has 39 heavy (non-hydrogen) atoms. The molecule has 0 heterocycles. The molecule has 1 N–H and O–H groups in total. The average Bonchev–Trinajstić information content (AvgIpc) is 2.94. The van der Waals surface area contributed by atoms with E-state index in [2.05, 4.69) is 88.2 Å². The molecule has 220 valence electrons. The zero-order valence-corrected chi connectivity index (χ0v) is 27.3. The third kappa shape index (κ3) is 14.9. The lowest BCUT2D eigenvalue weighted by atomic mass is 10.0. The highest BCUT2D eigenvalue weighted by Crippen LogP contribution is 2.32. The van der Waals surface area contributed by atoms with Crippen molar-refractivity contribution in [1.82, 2.24) is 5.09 Å². The Morgan fingerprint density at radius 1 is 0.538 bits per heavy atom. The van der Waals surface area contributed by atoms with E-state index < -0.39 is 8.07 Å². The minimum atomic E-state index is -0.566. The van der Waals surface area contributed by atoms with Gasteiger partial charge in [0.05, 0.1) is 0 Å². The van der Waals surface area contributed by atoms with Gasteiger partial charge in [0.1, 0.15) is 0 Å². The van der Waals surface area contributed by atoms with E-state index in [0.717, 1.165) is 0 Å². The van der Waals surface area contributed by atoms with Gasteiger partial charge >= 0.3 is 0 Å². The molecule has 0 amide bonds. The minimum Gasteiger partial charge on any atom is -0.285 e. The fourth-order valence-electron chi connectivity index (χ4n) is 5.28. The maximum absolute atomic E-state index is 4.07. The van der Waals surface area contributed by atoms with E-state index in [1.165, 1.54) is 137 Å². The number of rotatable bonds is 23. The molecule has 2 heteroatoms. The predicted molar refractivity (Wildman–Crippen MR) is 179 cm³/mol. The highest BCUT2D eigenvalue weighted by molar-refractivity contribution is 7.71. The van der Waals surface area contributed by atoms with Crippen LogP contribution in [0, 0.1) is 5.92 Å². The molecule has 2 aromatic carbocycles. The maximum Gasteiger partial charge on any atom is 0.0256 e. The van der Waals surface area contributed by atoms with Gasteiger partial charge in [-0.05, 0) is 72.4 Å². The topological polar surface area (TPSA) is 12.0 Å². The molecule has 0 bridgehead atoms. The third-order valence-corrected chi connectivity index (χ3v) is 10.6. The molecule has 0 saturated carbocycles. The first kappa shape index (κ1) is 34.0. The minimum absolute atomic E-state index is 0.490. The van der Waals surface area contributed by atoms with E-state index >= 15 is 0 Å². The van der Waals surface area contributed by atoms with Gasteiger partial charge in [-0.2, -0.15) is 0 Å². The van der Waals surface area contributed by atoms with Gasteiger partial charge in [0.15, 0.2) is 0 Å². The van der Waals surface area contributed by atoms with Gasteiger partial charge in [-0.3, -0.25) is 5.09 Å². The van der Waals surface area contributed by atoms with Crippen LogP contribution in [0.25, 0.3) is 0 Å². The first-order valence-electron chi connectivity index (χ1n) is 16.8. The van der Waals surface area contributed by atoms with Crippen molar-refractivity contribution in [3.8, 4) is 0 Å². The fraction of sp³-hybridized carbons (Fsp3) is 0.676. The van der Waals surface area contributed by atoms with Gasteiger partial charge in [0.25, 0.3) is 0 Å².